The maximum atomic E-state index is 13.9. The molecule has 26 heavy (non-hydrogen) atoms. The number of ether oxygens (including phenoxy) is 1. The highest BCUT2D eigenvalue weighted by atomic mass is 79.9. The zero-order valence-electron chi connectivity index (χ0n) is 13.8. The minimum absolute atomic E-state index is 0.271. The minimum atomic E-state index is -0.415. The fourth-order valence-electron chi connectivity index (χ4n) is 2.48. The molecule has 0 spiro atoms. The van der Waals surface area contributed by atoms with Gasteiger partial charge in [0.1, 0.15) is 18.2 Å². The first-order valence-corrected chi connectivity index (χ1v) is 8.79. The molecule has 0 N–H and O–H groups in total. The van der Waals surface area contributed by atoms with Crippen LogP contribution in [0.25, 0.3) is 11.6 Å². The fraction of sp³-hybridized carbons (Fsp3) is 0.0455. The number of hydrogen-bond donors (Lipinski definition) is 0. The summed E-state index contributed by atoms with van der Waals surface area (Å²) >= 11 is 3.49. The third kappa shape index (κ3) is 4.38. The summed E-state index contributed by atoms with van der Waals surface area (Å²) in [6.07, 6.45) is 1.66. The van der Waals surface area contributed by atoms with Crippen molar-refractivity contribution >= 4 is 27.6 Å². The van der Waals surface area contributed by atoms with Gasteiger partial charge in [-0.15, -0.1) is 0 Å². The molecule has 0 atom stereocenters. The number of benzene rings is 3. The monoisotopic (exact) mass is 407 g/mol. The third-order valence-corrected chi connectivity index (χ3v) is 4.41. The average molecular weight is 408 g/mol. The van der Waals surface area contributed by atoms with Gasteiger partial charge in [-0.3, -0.25) is 0 Å². The quantitative estimate of drug-likeness (QED) is 0.370. The van der Waals surface area contributed by atoms with E-state index < -0.39 is 5.82 Å². The maximum absolute atomic E-state index is 13.9. The molecule has 0 aliphatic carbocycles. The van der Waals surface area contributed by atoms with Gasteiger partial charge in [0.05, 0.1) is 16.1 Å². The highest BCUT2D eigenvalue weighted by Crippen LogP contribution is 2.29. The normalized spacial score (nSPS) is 11.0. The standard InChI is InChI=1S/C22H15BrFNO/c23-20-13-17(12-18(14-25)19-8-4-5-9-21(19)24)10-11-22(20)26-15-16-6-2-1-3-7-16/h1-13H,15H2. The van der Waals surface area contributed by atoms with E-state index in [1.165, 1.54) is 6.07 Å². The number of hydrogen-bond acceptors (Lipinski definition) is 2. The largest absolute Gasteiger partial charge is 0.488 e. The van der Waals surface area contributed by atoms with Crippen molar-refractivity contribution in [3.63, 3.8) is 0 Å². The summed E-state index contributed by atoms with van der Waals surface area (Å²) < 4.78 is 20.5. The summed E-state index contributed by atoms with van der Waals surface area (Å²) in [5.74, 6) is 0.289. The van der Waals surface area contributed by atoms with Crippen LogP contribution >= 0.6 is 15.9 Å². The van der Waals surface area contributed by atoms with Crippen LogP contribution in [0.15, 0.2) is 77.3 Å². The molecular formula is C22H15BrFNO. The predicted octanol–water partition coefficient (Wildman–Crippen LogP) is 6.23. The first-order valence-electron chi connectivity index (χ1n) is 8.00. The Morgan fingerprint density at radius 1 is 1.04 bits per heavy atom. The molecule has 0 amide bonds. The minimum Gasteiger partial charge on any atom is -0.488 e. The summed E-state index contributed by atoms with van der Waals surface area (Å²) in [6, 6.07) is 23.7. The third-order valence-electron chi connectivity index (χ3n) is 3.79. The Labute approximate surface area is 160 Å². The van der Waals surface area contributed by atoms with E-state index in [2.05, 4.69) is 22.0 Å². The van der Waals surface area contributed by atoms with Crippen molar-refractivity contribution in [1.82, 2.24) is 0 Å². The zero-order chi connectivity index (χ0) is 18.4. The molecule has 3 aromatic carbocycles. The van der Waals surface area contributed by atoms with Crippen molar-refractivity contribution in [3.8, 4) is 11.8 Å². The second kappa shape index (κ2) is 8.46. The molecule has 0 saturated carbocycles. The molecule has 0 bridgehead atoms. The summed E-state index contributed by atoms with van der Waals surface area (Å²) in [4.78, 5) is 0. The summed E-state index contributed by atoms with van der Waals surface area (Å²) in [7, 11) is 0. The molecule has 128 valence electrons. The van der Waals surface area contributed by atoms with Crippen LogP contribution in [0.4, 0.5) is 4.39 Å². The van der Waals surface area contributed by atoms with Crippen LogP contribution in [0.1, 0.15) is 16.7 Å². The Hall–Kier alpha value is -2.90. The Morgan fingerprint density at radius 3 is 2.46 bits per heavy atom. The molecule has 0 radical (unpaired) electrons. The van der Waals surface area contributed by atoms with Gasteiger partial charge in [-0.1, -0.05) is 54.6 Å². The second-order valence-electron chi connectivity index (χ2n) is 5.61. The van der Waals surface area contributed by atoms with Gasteiger partial charge in [0.2, 0.25) is 0 Å². The zero-order valence-corrected chi connectivity index (χ0v) is 15.4. The molecule has 0 aliphatic heterocycles. The van der Waals surface area contributed by atoms with Gasteiger partial charge in [0, 0.05) is 5.56 Å². The lowest BCUT2D eigenvalue weighted by Crippen LogP contribution is -1.96. The second-order valence-corrected chi connectivity index (χ2v) is 6.47. The van der Waals surface area contributed by atoms with Crippen LogP contribution < -0.4 is 4.74 Å². The number of rotatable bonds is 5. The average Bonchev–Trinajstić information content (AvgIpc) is 2.67. The number of nitriles is 1. The van der Waals surface area contributed by atoms with E-state index in [-0.39, 0.29) is 11.1 Å². The number of halogens is 2. The summed E-state index contributed by atoms with van der Waals surface area (Å²) in [5.41, 5.74) is 2.42. The van der Waals surface area contributed by atoms with Crippen LogP contribution in [0, 0.1) is 17.1 Å². The van der Waals surface area contributed by atoms with Gasteiger partial charge in [0.25, 0.3) is 0 Å². The SMILES string of the molecule is N#CC(=Cc1ccc(OCc2ccccc2)c(Br)c1)c1ccccc1F. The highest BCUT2D eigenvalue weighted by Gasteiger charge is 2.08. The summed E-state index contributed by atoms with van der Waals surface area (Å²) in [5, 5.41) is 9.38. The lowest BCUT2D eigenvalue weighted by atomic mass is 10.0. The molecule has 3 aromatic rings. The highest BCUT2D eigenvalue weighted by molar-refractivity contribution is 9.10. The van der Waals surface area contributed by atoms with E-state index in [0.29, 0.717) is 12.4 Å². The van der Waals surface area contributed by atoms with E-state index in [9.17, 15) is 9.65 Å². The Balaban J connectivity index is 1.80. The van der Waals surface area contributed by atoms with Crippen LogP contribution in [-0.2, 0) is 6.61 Å². The van der Waals surface area contributed by atoms with Gasteiger partial charge >= 0.3 is 0 Å². The van der Waals surface area contributed by atoms with Crippen molar-refractivity contribution in [3.05, 3.63) is 99.8 Å². The fourth-order valence-corrected chi connectivity index (χ4v) is 2.99. The molecule has 0 unspecified atom stereocenters. The van der Waals surface area contributed by atoms with Gasteiger partial charge in [0.15, 0.2) is 0 Å². The van der Waals surface area contributed by atoms with E-state index in [4.69, 9.17) is 4.74 Å². The molecule has 0 heterocycles. The first kappa shape index (κ1) is 17.9. The number of allylic oxidation sites excluding steroid dienone is 1. The number of nitrogens with zero attached hydrogens (tertiary/aromatic N) is 1. The van der Waals surface area contributed by atoms with Gasteiger partial charge in [-0.25, -0.2) is 4.39 Å². The Morgan fingerprint density at radius 2 is 1.77 bits per heavy atom. The van der Waals surface area contributed by atoms with Crippen molar-refractivity contribution in [2.24, 2.45) is 0 Å². The predicted molar refractivity (Wildman–Crippen MR) is 105 cm³/mol. The van der Waals surface area contributed by atoms with Gasteiger partial charge < -0.3 is 4.74 Å². The molecule has 3 rings (SSSR count). The van der Waals surface area contributed by atoms with Crippen molar-refractivity contribution < 1.29 is 9.13 Å². The molecule has 0 aliphatic rings. The molecule has 0 saturated heterocycles. The van der Waals surface area contributed by atoms with Crippen molar-refractivity contribution in [2.75, 3.05) is 0 Å². The van der Waals surface area contributed by atoms with Gasteiger partial charge in [-0.2, -0.15) is 5.26 Å². The van der Waals surface area contributed by atoms with Crippen LogP contribution in [-0.4, -0.2) is 0 Å². The van der Waals surface area contributed by atoms with Crippen LogP contribution in [0.2, 0.25) is 0 Å². The van der Waals surface area contributed by atoms with Gasteiger partial charge in [-0.05, 0) is 51.3 Å². The van der Waals surface area contributed by atoms with E-state index in [1.54, 1.807) is 24.3 Å². The lowest BCUT2D eigenvalue weighted by Gasteiger charge is -2.09. The van der Waals surface area contributed by atoms with Crippen molar-refractivity contribution in [2.45, 2.75) is 6.61 Å². The molecule has 4 heteroatoms. The molecule has 0 fully saturated rings. The molecular weight excluding hydrogens is 393 g/mol. The summed E-state index contributed by atoms with van der Waals surface area (Å²) in [6.45, 7) is 0.466. The van der Waals surface area contributed by atoms with Crippen molar-refractivity contribution in [1.29, 1.82) is 5.26 Å². The lowest BCUT2D eigenvalue weighted by molar-refractivity contribution is 0.304. The molecule has 2 nitrogen and oxygen atoms in total. The first-order chi connectivity index (χ1) is 12.7. The van der Waals surface area contributed by atoms with E-state index >= 15 is 0 Å². The van der Waals surface area contributed by atoms with E-state index in [1.807, 2.05) is 48.5 Å². The van der Waals surface area contributed by atoms with Crippen LogP contribution in [0.5, 0.6) is 5.75 Å². The molecule has 0 aromatic heterocycles. The van der Waals surface area contributed by atoms with Crippen LogP contribution in [0.3, 0.4) is 0 Å². The Bertz CT molecular complexity index is 977. The smallest absolute Gasteiger partial charge is 0.134 e. The maximum Gasteiger partial charge on any atom is 0.134 e. The topological polar surface area (TPSA) is 33.0 Å². The van der Waals surface area contributed by atoms with E-state index in [0.717, 1.165) is 15.6 Å². The Kier molecular flexibility index (Phi) is 5.83.